The summed E-state index contributed by atoms with van der Waals surface area (Å²) < 4.78 is 0. The number of aryl methyl sites for hydroxylation is 1. The number of benzene rings is 1. The first-order valence-corrected chi connectivity index (χ1v) is 8.58. The maximum Gasteiger partial charge on any atom is 0.263 e. The molecule has 2 N–H and O–H groups in total. The van der Waals surface area contributed by atoms with E-state index >= 15 is 0 Å². The van der Waals surface area contributed by atoms with Gasteiger partial charge in [-0.2, -0.15) is 0 Å². The van der Waals surface area contributed by atoms with Crippen LogP contribution >= 0.6 is 47.8 Å². The van der Waals surface area contributed by atoms with Crippen molar-refractivity contribution in [1.82, 2.24) is 15.6 Å². The van der Waals surface area contributed by atoms with Gasteiger partial charge >= 0.3 is 0 Å². The third-order valence-electron chi connectivity index (χ3n) is 3.77. The van der Waals surface area contributed by atoms with Crippen molar-refractivity contribution in [2.45, 2.75) is 25.8 Å². The zero-order valence-electron chi connectivity index (χ0n) is 13.2. The van der Waals surface area contributed by atoms with E-state index in [1.807, 2.05) is 31.2 Å². The van der Waals surface area contributed by atoms with Crippen LogP contribution in [0.3, 0.4) is 0 Å². The van der Waals surface area contributed by atoms with E-state index in [1.165, 1.54) is 17.8 Å². The number of amides is 1. The Balaban J connectivity index is 0.00000144. The molecule has 2 heterocycles. The second-order valence-corrected chi connectivity index (χ2v) is 6.88. The maximum absolute atomic E-state index is 12.3. The molecule has 1 fully saturated rings. The van der Waals surface area contributed by atoms with Gasteiger partial charge in [-0.1, -0.05) is 23.7 Å². The number of thiazole rings is 1. The van der Waals surface area contributed by atoms with Gasteiger partial charge < -0.3 is 10.6 Å². The summed E-state index contributed by atoms with van der Waals surface area (Å²) in [5.41, 5.74) is 1.75. The molecule has 0 radical (unpaired) electrons. The molecule has 0 saturated carbocycles. The Kier molecular flexibility index (Phi) is 8.46. The van der Waals surface area contributed by atoms with Gasteiger partial charge in [0.1, 0.15) is 9.88 Å². The molecule has 1 amide bonds. The van der Waals surface area contributed by atoms with Gasteiger partial charge in [0.05, 0.1) is 5.69 Å². The SMILES string of the molecule is Cc1nc(-c2ccc(Cl)cc2)sc1C(=O)NCC1CCCN1.Cl.Cl. The minimum absolute atomic E-state index is 0. The van der Waals surface area contributed by atoms with Crippen LogP contribution in [0.2, 0.25) is 5.02 Å². The Morgan fingerprint density at radius 2 is 2.08 bits per heavy atom. The standard InChI is InChI=1S/C16H18ClN3OS.2ClH/c1-10-14(15(21)19-9-13-3-2-8-18-13)22-16(20-10)11-4-6-12(17)7-5-11;;/h4-7,13,18H,2-3,8-9H2,1H3,(H,19,21);2*1H. The predicted molar refractivity (Wildman–Crippen MR) is 105 cm³/mol. The van der Waals surface area contributed by atoms with Gasteiger partial charge in [-0.3, -0.25) is 4.79 Å². The van der Waals surface area contributed by atoms with Gasteiger partial charge in [-0.25, -0.2) is 4.98 Å². The van der Waals surface area contributed by atoms with Crippen LogP contribution in [0.15, 0.2) is 24.3 Å². The summed E-state index contributed by atoms with van der Waals surface area (Å²) in [5.74, 6) is -0.0380. The lowest BCUT2D eigenvalue weighted by molar-refractivity contribution is 0.0953. The predicted octanol–water partition coefficient (Wildman–Crippen LogP) is 4.10. The number of hydrogen-bond acceptors (Lipinski definition) is 4. The van der Waals surface area contributed by atoms with Crippen molar-refractivity contribution < 1.29 is 4.79 Å². The fraction of sp³-hybridized carbons (Fsp3) is 0.375. The second kappa shape index (κ2) is 9.59. The first-order chi connectivity index (χ1) is 10.6. The van der Waals surface area contributed by atoms with Crippen molar-refractivity contribution in [1.29, 1.82) is 0 Å². The van der Waals surface area contributed by atoms with Crippen molar-refractivity contribution in [2.24, 2.45) is 0 Å². The number of rotatable bonds is 4. The number of nitrogens with one attached hydrogen (secondary N) is 2. The summed E-state index contributed by atoms with van der Waals surface area (Å²) in [5, 5.41) is 7.92. The van der Waals surface area contributed by atoms with Gasteiger partial charge in [0.25, 0.3) is 5.91 Å². The largest absolute Gasteiger partial charge is 0.350 e. The highest BCUT2D eigenvalue weighted by Crippen LogP contribution is 2.28. The smallest absolute Gasteiger partial charge is 0.263 e. The van der Waals surface area contributed by atoms with Crippen LogP contribution < -0.4 is 10.6 Å². The molecule has 1 aromatic carbocycles. The number of carbonyl (C=O) groups excluding carboxylic acids is 1. The van der Waals surface area contributed by atoms with E-state index < -0.39 is 0 Å². The van der Waals surface area contributed by atoms with Crippen molar-refractivity contribution in [3.05, 3.63) is 39.9 Å². The summed E-state index contributed by atoms with van der Waals surface area (Å²) in [4.78, 5) is 17.5. The summed E-state index contributed by atoms with van der Waals surface area (Å²) >= 11 is 7.32. The van der Waals surface area contributed by atoms with Crippen LogP contribution in [0.5, 0.6) is 0 Å². The highest BCUT2D eigenvalue weighted by molar-refractivity contribution is 7.17. The molecule has 8 heteroatoms. The lowest BCUT2D eigenvalue weighted by atomic mass is 10.2. The van der Waals surface area contributed by atoms with Gasteiger partial charge in [0, 0.05) is 23.2 Å². The average molecular weight is 409 g/mol. The molecule has 24 heavy (non-hydrogen) atoms. The molecule has 0 spiro atoms. The van der Waals surface area contributed by atoms with Crippen LogP contribution in [0.25, 0.3) is 10.6 Å². The maximum atomic E-state index is 12.3. The Bertz CT molecular complexity index is 670. The minimum Gasteiger partial charge on any atom is -0.350 e. The van der Waals surface area contributed by atoms with Gasteiger partial charge in [0.15, 0.2) is 0 Å². The lowest BCUT2D eigenvalue weighted by Gasteiger charge is -2.10. The van der Waals surface area contributed by atoms with E-state index in [-0.39, 0.29) is 30.7 Å². The van der Waals surface area contributed by atoms with Gasteiger partial charge in [0.2, 0.25) is 0 Å². The molecule has 1 saturated heterocycles. The topological polar surface area (TPSA) is 54.0 Å². The number of nitrogens with zero attached hydrogens (tertiary/aromatic N) is 1. The molecule has 2 aromatic rings. The van der Waals surface area contributed by atoms with Crippen molar-refractivity contribution in [3.63, 3.8) is 0 Å². The van der Waals surface area contributed by atoms with E-state index in [9.17, 15) is 4.79 Å². The number of hydrogen-bond donors (Lipinski definition) is 2. The van der Waals surface area contributed by atoms with E-state index in [0.29, 0.717) is 22.5 Å². The van der Waals surface area contributed by atoms with Gasteiger partial charge in [-0.05, 0) is 38.4 Å². The first kappa shape index (κ1) is 21.2. The summed E-state index contributed by atoms with van der Waals surface area (Å²) in [6.07, 6.45) is 2.30. The molecule has 1 aliphatic rings. The van der Waals surface area contributed by atoms with Crippen LogP contribution in [0, 0.1) is 6.92 Å². The quantitative estimate of drug-likeness (QED) is 0.801. The second-order valence-electron chi connectivity index (χ2n) is 5.44. The molecule has 0 bridgehead atoms. The Hall–Kier alpha value is -0.850. The van der Waals surface area contributed by atoms with E-state index in [1.54, 1.807) is 0 Å². The van der Waals surface area contributed by atoms with Crippen LogP contribution in [0.1, 0.15) is 28.2 Å². The molecule has 0 aliphatic carbocycles. The average Bonchev–Trinajstić information content (AvgIpc) is 3.15. The summed E-state index contributed by atoms with van der Waals surface area (Å²) in [6.45, 7) is 3.59. The Morgan fingerprint density at radius 3 is 2.71 bits per heavy atom. The fourth-order valence-electron chi connectivity index (χ4n) is 2.55. The molecule has 1 unspecified atom stereocenters. The number of aromatic nitrogens is 1. The van der Waals surface area contributed by atoms with E-state index in [0.717, 1.165) is 29.2 Å². The fourth-order valence-corrected chi connectivity index (χ4v) is 3.66. The third kappa shape index (κ3) is 5.07. The molecule has 132 valence electrons. The van der Waals surface area contributed by atoms with Crippen molar-refractivity contribution in [2.75, 3.05) is 13.1 Å². The Morgan fingerprint density at radius 1 is 1.38 bits per heavy atom. The normalized spacial score (nSPS) is 16.2. The number of halogens is 3. The van der Waals surface area contributed by atoms with Crippen molar-refractivity contribution in [3.8, 4) is 10.6 Å². The molecular formula is C16H20Cl3N3OS. The summed E-state index contributed by atoms with van der Waals surface area (Å²) in [7, 11) is 0. The first-order valence-electron chi connectivity index (χ1n) is 7.38. The Labute approximate surface area is 163 Å². The zero-order valence-corrected chi connectivity index (χ0v) is 16.4. The summed E-state index contributed by atoms with van der Waals surface area (Å²) in [6, 6.07) is 7.90. The van der Waals surface area contributed by atoms with Crippen LogP contribution in [-0.2, 0) is 0 Å². The molecule has 1 aromatic heterocycles. The monoisotopic (exact) mass is 407 g/mol. The molecule has 4 nitrogen and oxygen atoms in total. The highest BCUT2D eigenvalue weighted by Gasteiger charge is 2.19. The number of carbonyl (C=O) groups is 1. The van der Waals surface area contributed by atoms with E-state index in [4.69, 9.17) is 11.6 Å². The highest BCUT2D eigenvalue weighted by atomic mass is 35.5. The minimum atomic E-state index is -0.0380. The molecule has 1 aliphatic heterocycles. The van der Waals surface area contributed by atoms with Gasteiger partial charge in [-0.15, -0.1) is 36.2 Å². The van der Waals surface area contributed by atoms with Crippen LogP contribution in [-0.4, -0.2) is 30.0 Å². The third-order valence-corrected chi connectivity index (χ3v) is 5.22. The zero-order chi connectivity index (χ0) is 15.5. The van der Waals surface area contributed by atoms with Crippen LogP contribution in [0.4, 0.5) is 0 Å². The molecule has 3 rings (SSSR count). The van der Waals surface area contributed by atoms with Crippen molar-refractivity contribution >= 4 is 53.7 Å². The molecular weight excluding hydrogens is 389 g/mol. The lowest BCUT2D eigenvalue weighted by Crippen LogP contribution is -2.37. The van der Waals surface area contributed by atoms with E-state index in [2.05, 4.69) is 15.6 Å². The molecule has 1 atom stereocenters.